The first kappa shape index (κ1) is 13.8. The number of rotatable bonds is 3. The van der Waals surface area contributed by atoms with E-state index < -0.39 is 0 Å². The zero-order valence-electron chi connectivity index (χ0n) is 10.3. The third-order valence-corrected chi connectivity index (χ3v) is 4.18. The third-order valence-electron chi connectivity index (χ3n) is 2.41. The second kappa shape index (κ2) is 5.99. The molecule has 0 spiro atoms. The Balaban J connectivity index is 2.26. The number of hydrogen-bond donors (Lipinski definition) is 2. The minimum Gasteiger partial charge on any atom is -0.369 e. The maximum absolute atomic E-state index is 5.25. The van der Waals surface area contributed by atoms with E-state index in [9.17, 15) is 0 Å². The van der Waals surface area contributed by atoms with Gasteiger partial charge < -0.3 is 11.5 Å². The van der Waals surface area contributed by atoms with Crippen LogP contribution in [0.3, 0.4) is 0 Å². The number of nitrogens with two attached hydrogens (primary N) is 2. The van der Waals surface area contributed by atoms with Crippen LogP contribution in [0.2, 0.25) is 0 Å². The van der Waals surface area contributed by atoms with Crippen LogP contribution in [0.4, 0.5) is 0 Å². The molecule has 0 atom stereocenters. The molecule has 0 amide bonds. The molecule has 0 saturated heterocycles. The topological polar surface area (TPSA) is 76.8 Å². The molecule has 1 heterocycles. The van der Waals surface area contributed by atoms with Gasteiger partial charge in [0.15, 0.2) is 0 Å². The lowest BCUT2D eigenvalue weighted by Gasteiger charge is -1.97. The van der Waals surface area contributed by atoms with Gasteiger partial charge in [-0.3, -0.25) is 0 Å². The fourth-order valence-electron chi connectivity index (χ4n) is 1.48. The lowest BCUT2D eigenvalue weighted by Crippen LogP contribution is -2.22. The van der Waals surface area contributed by atoms with Gasteiger partial charge in [-0.05, 0) is 36.8 Å². The van der Waals surface area contributed by atoms with Crippen molar-refractivity contribution in [1.29, 1.82) is 0 Å². The summed E-state index contributed by atoms with van der Waals surface area (Å²) in [6, 6.07) is 12.3. The summed E-state index contributed by atoms with van der Waals surface area (Å²) in [6.45, 7) is 1.88. The van der Waals surface area contributed by atoms with Gasteiger partial charge >= 0.3 is 0 Å². The van der Waals surface area contributed by atoms with Gasteiger partial charge in [-0.25, -0.2) is 0 Å². The van der Waals surface area contributed by atoms with Crippen LogP contribution in [-0.4, -0.2) is 11.7 Å². The van der Waals surface area contributed by atoms with Crippen LogP contribution in [-0.2, 0) is 0 Å². The van der Waals surface area contributed by atoms with Gasteiger partial charge in [0.05, 0.1) is 10.6 Å². The Bertz CT molecular complexity index is 624. The predicted molar refractivity (Wildman–Crippen MR) is 85.5 cm³/mol. The standard InChI is InChI=1S/C13H13BrN4S/c1-8(17-18-13(15)16)11-6-7-12(19-11)9-2-4-10(14)5-3-9/h2-7H,1H3,(H4,15,16,18)/b17-8-. The van der Waals surface area contributed by atoms with Crippen LogP contribution in [0.5, 0.6) is 0 Å². The van der Waals surface area contributed by atoms with Crippen molar-refractivity contribution in [3.05, 3.63) is 45.7 Å². The van der Waals surface area contributed by atoms with E-state index in [4.69, 9.17) is 11.5 Å². The molecule has 0 aliphatic heterocycles. The molecule has 0 radical (unpaired) electrons. The number of benzene rings is 1. The Morgan fingerprint density at radius 3 is 2.37 bits per heavy atom. The van der Waals surface area contributed by atoms with Crippen LogP contribution in [0.25, 0.3) is 10.4 Å². The predicted octanol–water partition coefficient (Wildman–Crippen LogP) is 3.18. The highest BCUT2D eigenvalue weighted by molar-refractivity contribution is 9.10. The second-order valence-electron chi connectivity index (χ2n) is 3.88. The molecule has 4 nitrogen and oxygen atoms in total. The molecule has 0 unspecified atom stereocenters. The van der Waals surface area contributed by atoms with Crippen molar-refractivity contribution in [2.45, 2.75) is 6.92 Å². The first-order chi connectivity index (χ1) is 9.06. The fraction of sp³-hybridized carbons (Fsp3) is 0.0769. The van der Waals surface area contributed by atoms with E-state index in [0.29, 0.717) is 0 Å². The third kappa shape index (κ3) is 3.65. The van der Waals surface area contributed by atoms with Crippen molar-refractivity contribution in [3.63, 3.8) is 0 Å². The van der Waals surface area contributed by atoms with Crippen LogP contribution in [0, 0.1) is 0 Å². The van der Waals surface area contributed by atoms with E-state index >= 15 is 0 Å². The first-order valence-electron chi connectivity index (χ1n) is 5.55. The maximum Gasteiger partial charge on any atom is 0.211 e. The largest absolute Gasteiger partial charge is 0.369 e. The Kier molecular flexibility index (Phi) is 4.34. The maximum atomic E-state index is 5.25. The van der Waals surface area contributed by atoms with Gasteiger partial charge in [0.1, 0.15) is 0 Å². The van der Waals surface area contributed by atoms with Crippen LogP contribution < -0.4 is 11.5 Å². The lowest BCUT2D eigenvalue weighted by atomic mass is 10.2. The highest BCUT2D eigenvalue weighted by Gasteiger charge is 2.05. The lowest BCUT2D eigenvalue weighted by molar-refractivity contribution is 1.20. The molecule has 2 aromatic rings. The van der Waals surface area contributed by atoms with Crippen LogP contribution in [0.15, 0.2) is 51.1 Å². The molecule has 1 aromatic carbocycles. The second-order valence-corrected chi connectivity index (χ2v) is 5.88. The van der Waals surface area contributed by atoms with Gasteiger partial charge in [0, 0.05) is 9.35 Å². The Morgan fingerprint density at radius 1 is 1.05 bits per heavy atom. The van der Waals surface area contributed by atoms with Gasteiger partial charge in [-0.15, -0.1) is 16.4 Å². The average molecular weight is 337 g/mol. The smallest absolute Gasteiger partial charge is 0.211 e. The summed E-state index contributed by atoms with van der Waals surface area (Å²) < 4.78 is 1.07. The normalized spacial score (nSPS) is 11.4. The molecular formula is C13H13BrN4S. The molecule has 1 aromatic heterocycles. The highest BCUT2D eigenvalue weighted by atomic mass is 79.9. The monoisotopic (exact) mass is 336 g/mol. The highest BCUT2D eigenvalue weighted by Crippen LogP contribution is 2.29. The summed E-state index contributed by atoms with van der Waals surface area (Å²) in [5.41, 5.74) is 12.5. The van der Waals surface area contributed by atoms with Crippen molar-refractivity contribution in [2.24, 2.45) is 21.7 Å². The van der Waals surface area contributed by atoms with Crippen molar-refractivity contribution >= 4 is 38.9 Å². The van der Waals surface area contributed by atoms with E-state index in [1.807, 2.05) is 25.1 Å². The molecule has 0 aliphatic rings. The van der Waals surface area contributed by atoms with E-state index in [2.05, 4.69) is 44.3 Å². The number of thiophene rings is 1. The van der Waals surface area contributed by atoms with Gasteiger partial charge in [-0.2, -0.15) is 5.10 Å². The van der Waals surface area contributed by atoms with Crippen LogP contribution in [0.1, 0.15) is 11.8 Å². The molecule has 0 fully saturated rings. The first-order valence-corrected chi connectivity index (χ1v) is 7.16. The zero-order valence-corrected chi connectivity index (χ0v) is 12.7. The van der Waals surface area contributed by atoms with E-state index in [1.54, 1.807) is 11.3 Å². The van der Waals surface area contributed by atoms with Crippen molar-refractivity contribution in [2.75, 3.05) is 0 Å². The van der Waals surface area contributed by atoms with Crippen molar-refractivity contribution in [3.8, 4) is 10.4 Å². The molecule has 19 heavy (non-hydrogen) atoms. The SMILES string of the molecule is C/C(=N/N=C(N)N)c1ccc(-c2ccc(Br)cc2)s1. The fourth-order valence-corrected chi connectivity index (χ4v) is 2.70. The van der Waals surface area contributed by atoms with E-state index in [0.717, 1.165) is 15.1 Å². The van der Waals surface area contributed by atoms with E-state index in [-0.39, 0.29) is 5.96 Å². The molecule has 2 rings (SSSR count). The Hall–Kier alpha value is -1.66. The average Bonchev–Trinajstić information content (AvgIpc) is 2.86. The number of halogens is 1. The zero-order chi connectivity index (χ0) is 13.8. The summed E-state index contributed by atoms with van der Waals surface area (Å²) in [5, 5.41) is 7.63. The molecule has 4 N–H and O–H groups in total. The quantitative estimate of drug-likeness (QED) is 0.513. The molecule has 0 saturated carbocycles. The number of guanidine groups is 1. The minimum atomic E-state index is -0.0379. The summed E-state index contributed by atoms with van der Waals surface area (Å²) in [4.78, 5) is 2.23. The number of nitrogens with zero attached hydrogens (tertiary/aromatic N) is 2. The molecule has 6 heteroatoms. The summed E-state index contributed by atoms with van der Waals surface area (Å²) >= 11 is 5.08. The molecular weight excluding hydrogens is 324 g/mol. The summed E-state index contributed by atoms with van der Waals surface area (Å²) in [6.07, 6.45) is 0. The van der Waals surface area contributed by atoms with Gasteiger partial charge in [-0.1, -0.05) is 28.1 Å². The van der Waals surface area contributed by atoms with Crippen molar-refractivity contribution in [1.82, 2.24) is 0 Å². The van der Waals surface area contributed by atoms with Crippen molar-refractivity contribution < 1.29 is 0 Å². The summed E-state index contributed by atoms with van der Waals surface area (Å²) in [7, 11) is 0. The van der Waals surface area contributed by atoms with Gasteiger partial charge in [0.25, 0.3) is 0 Å². The summed E-state index contributed by atoms with van der Waals surface area (Å²) in [5.74, 6) is -0.0379. The van der Waals surface area contributed by atoms with Gasteiger partial charge in [0.2, 0.25) is 5.96 Å². The molecule has 0 bridgehead atoms. The molecule has 98 valence electrons. The molecule has 0 aliphatic carbocycles. The van der Waals surface area contributed by atoms with Crippen LogP contribution >= 0.6 is 27.3 Å². The minimum absolute atomic E-state index is 0.0379. The number of hydrogen-bond acceptors (Lipinski definition) is 3. The Labute approximate surface area is 124 Å². The van der Waals surface area contributed by atoms with E-state index in [1.165, 1.54) is 10.4 Å². The Morgan fingerprint density at radius 2 is 1.74 bits per heavy atom.